The molecular weight excluding hydrogens is 350 g/mol. The van der Waals surface area contributed by atoms with Crippen LogP contribution in [-0.2, 0) is 6.18 Å². The van der Waals surface area contributed by atoms with Crippen molar-refractivity contribution in [2.24, 2.45) is 0 Å². The molecule has 3 aromatic rings. The molecule has 0 unspecified atom stereocenters. The van der Waals surface area contributed by atoms with Crippen LogP contribution in [0.4, 0.5) is 35.0 Å². The van der Waals surface area contributed by atoms with Gasteiger partial charge in [0.2, 0.25) is 5.95 Å². The average Bonchev–Trinajstić information content (AvgIpc) is 2.63. The van der Waals surface area contributed by atoms with Gasteiger partial charge in [0.25, 0.3) is 0 Å². The number of anilines is 3. The van der Waals surface area contributed by atoms with Gasteiger partial charge < -0.3 is 10.6 Å². The number of nitrogens with one attached hydrogen (secondary N) is 2. The molecule has 2 N–H and O–H groups in total. The van der Waals surface area contributed by atoms with Crippen molar-refractivity contribution in [1.29, 1.82) is 0 Å². The Bertz CT molecular complexity index is 913. The summed E-state index contributed by atoms with van der Waals surface area (Å²) in [6, 6.07) is 9.29. The van der Waals surface area contributed by atoms with E-state index in [1.807, 2.05) is 0 Å². The fourth-order valence-corrected chi connectivity index (χ4v) is 2.28. The third-order valence-corrected chi connectivity index (χ3v) is 3.45. The largest absolute Gasteiger partial charge is 0.418 e. The van der Waals surface area contributed by atoms with Crippen LogP contribution in [0.15, 0.2) is 48.7 Å². The first kappa shape index (κ1) is 17.6. The van der Waals surface area contributed by atoms with Crippen molar-refractivity contribution in [1.82, 2.24) is 15.0 Å². The number of halogens is 4. The maximum absolute atomic E-state index is 14.0. The highest BCUT2D eigenvalue weighted by Crippen LogP contribution is 2.37. The standard InChI is InChI=1S/C17H13F4N5/c1-22-16-24-13(12-7-2-3-8-23-12)9-14(26-16)25-15-10(17(19,20)21)5-4-6-11(15)18/h2-9H,1H3,(H2,22,24,25,26). The third-order valence-electron chi connectivity index (χ3n) is 3.45. The number of hydrogen-bond donors (Lipinski definition) is 2. The number of hydrogen-bond acceptors (Lipinski definition) is 5. The SMILES string of the molecule is CNc1nc(Nc2c(F)cccc2C(F)(F)F)cc(-c2ccccn2)n1. The van der Waals surface area contributed by atoms with Crippen molar-refractivity contribution in [3.8, 4) is 11.4 Å². The molecule has 26 heavy (non-hydrogen) atoms. The van der Waals surface area contributed by atoms with Gasteiger partial charge in [0.05, 0.1) is 22.6 Å². The minimum atomic E-state index is -4.72. The Hall–Kier alpha value is -3.23. The molecular formula is C17H13F4N5. The minimum Gasteiger partial charge on any atom is -0.357 e. The van der Waals surface area contributed by atoms with Crippen molar-refractivity contribution in [2.45, 2.75) is 6.18 Å². The molecule has 0 fully saturated rings. The number of rotatable bonds is 4. The summed E-state index contributed by atoms with van der Waals surface area (Å²) in [6.45, 7) is 0. The quantitative estimate of drug-likeness (QED) is 0.669. The zero-order valence-electron chi connectivity index (χ0n) is 13.5. The Morgan fingerprint density at radius 3 is 2.42 bits per heavy atom. The van der Waals surface area contributed by atoms with Crippen LogP contribution in [0.25, 0.3) is 11.4 Å². The zero-order valence-corrected chi connectivity index (χ0v) is 13.5. The van der Waals surface area contributed by atoms with Crippen LogP contribution in [0.3, 0.4) is 0 Å². The van der Waals surface area contributed by atoms with Gasteiger partial charge in [-0.05, 0) is 24.3 Å². The lowest BCUT2D eigenvalue weighted by atomic mass is 10.1. The van der Waals surface area contributed by atoms with Gasteiger partial charge in [-0.1, -0.05) is 12.1 Å². The summed E-state index contributed by atoms with van der Waals surface area (Å²) in [5.74, 6) is -0.884. The van der Waals surface area contributed by atoms with Crippen LogP contribution in [0, 0.1) is 5.82 Å². The van der Waals surface area contributed by atoms with E-state index < -0.39 is 23.2 Å². The van der Waals surface area contributed by atoms with E-state index >= 15 is 0 Å². The highest BCUT2D eigenvalue weighted by atomic mass is 19.4. The molecule has 0 aliphatic carbocycles. The normalized spacial score (nSPS) is 11.3. The second kappa shape index (κ2) is 6.95. The van der Waals surface area contributed by atoms with Crippen molar-refractivity contribution >= 4 is 17.5 Å². The third kappa shape index (κ3) is 3.71. The molecule has 0 saturated heterocycles. The lowest BCUT2D eigenvalue weighted by molar-refractivity contribution is -0.137. The van der Waals surface area contributed by atoms with E-state index in [9.17, 15) is 17.6 Å². The maximum atomic E-state index is 14.0. The Kier molecular flexibility index (Phi) is 4.70. The van der Waals surface area contributed by atoms with E-state index in [1.54, 1.807) is 31.4 Å². The van der Waals surface area contributed by atoms with Gasteiger partial charge >= 0.3 is 6.18 Å². The van der Waals surface area contributed by atoms with Crippen molar-refractivity contribution in [2.75, 3.05) is 17.7 Å². The van der Waals surface area contributed by atoms with E-state index in [0.717, 1.165) is 18.2 Å². The van der Waals surface area contributed by atoms with Crippen LogP contribution in [0.1, 0.15) is 5.56 Å². The van der Waals surface area contributed by atoms with E-state index in [-0.39, 0.29) is 11.8 Å². The summed E-state index contributed by atoms with van der Waals surface area (Å²) in [4.78, 5) is 12.4. The van der Waals surface area contributed by atoms with Gasteiger partial charge in [-0.2, -0.15) is 18.2 Å². The number of para-hydroxylation sites is 1. The second-order valence-corrected chi connectivity index (χ2v) is 5.21. The molecule has 9 heteroatoms. The highest BCUT2D eigenvalue weighted by Gasteiger charge is 2.35. The smallest absolute Gasteiger partial charge is 0.357 e. The molecule has 0 bridgehead atoms. The number of aromatic nitrogens is 3. The van der Waals surface area contributed by atoms with Gasteiger partial charge in [-0.3, -0.25) is 4.98 Å². The topological polar surface area (TPSA) is 62.7 Å². The summed E-state index contributed by atoms with van der Waals surface area (Å²) in [6.07, 6.45) is -3.16. The maximum Gasteiger partial charge on any atom is 0.418 e. The minimum absolute atomic E-state index is 0.000558. The molecule has 0 radical (unpaired) electrons. The van der Waals surface area contributed by atoms with Crippen molar-refractivity contribution in [3.05, 3.63) is 60.0 Å². The van der Waals surface area contributed by atoms with Gasteiger partial charge in [0, 0.05) is 19.3 Å². The van der Waals surface area contributed by atoms with E-state index in [4.69, 9.17) is 0 Å². The van der Waals surface area contributed by atoms with Gasteiger partial charge in [0.15, 0.2) is 0 Å². The molecule has 3 rings (SSSR count). The van der Waals surface area contributed by atoms with Gasteiger partial charge in [-0.15, -0.1) is 0 Å². The number of nitrogens with zero attached hydrogens (tertiary/aromatic N) is 3. The molecule has 134 valence electrons. The molecule has 0 amide bonds. The molecule has 2 heterocycles. The Morgan fingerprint density at radius 1 is 0.962 bits per heavy atom. The Balaban J connectivity index is 2.07. The lowest BCUT2D eigenvalue weighted by Gasteiger charge is -2.15. The molecule has 0 aliphatic heterocycles. The fraction of sp³-hybridized carbons (Fsp3) is 0.118. The molecule has 2 aromatic heterocycles. The predicted molar refractivity (Wildman–Crippen MR) is 89.5 cm³/mol. The van der Waals surface area contributed by atoms with E-state index in [1.165, 1.54) is 6.07 Å². The van der Waals surface area contributed by atoms with Crippen LogP contribution in [0.2, 0.25) is 0 Å². The highest BCUT2D eigenvalue weighted by molar-refractivity contribution is 5.67. The number of pyridine rings is 1. The summed E-state index contributed by atoms with van der Waals surface area (Å²) in [5.41, 5.74) is -0.953. The molecule has 5 nitrogen and oxygen atoms in total. The molecule has 0 atom stereocenters. The summed E-state index contributed by atoms with van der Waals surface area (Å²) >= 11 is 0. The Morgan fingerprint density at radius 2 is 1.77 bits per heavy atom. The first-order valence-corrected chi connectivity index (χ1v) is 7.49. The van der Waals surface area contributed by atoms with Crippen LogP contribution in [0.5, 0.6) is 0 Å². The van der Waals surface area contributed by atoms with Gasteiger partial charge in [-0.25, -0.2) is 9.37 Å². The number of benzene rings is 1. The second-order valence-electron chi connectivity index (χ2n) is 5.21. The summed E-state index contributed by atoms with van der Waals surface area (Å²) in [5, 5.41) is 5.14. The Labute approximate surface area is 146 Å². The lowest BCUT2D eigenvalue weighted by Crippen LogP contribution is -2.11. The zero-order chi connectivity index (χ0) is 18.7. The summed E-state index contributed by atoms with van der Waals surface area (Å²) in [7, 11) is 1.56. The molecule has 0 aliphatic rings. The molecule has 0 spiro atoms. The first-order valence-electron chi connectivity index (χ1n) is 7.49. The molecule has 0 saturated carbocycles. The first-order chi connectivity index (χ1) is 12.4. The monoisotopic (exact) mass is 363 g/mol. The van der Waals surface area contributed by atoms with Crippen molar-refractivity contribution in [3.63, 3.8) is 0 Å². The fourth-order valence-electron chi connectivity index (χ4n) is 2.28. The predicted octanol–water partition coefficient (Wildman–Crippen LogP) is 4.48. The van der Waals surface area contributed by atoms with E-state index in [2.05, 4.69) is 25.6 Å². The van der Waals surface area contributed by atoms with Crippen LogP contribution in [-0.4, -0.2) is 22.0 Å². The average molecular weight is 363 g/mol. The van der Waals surface area contributed by atoms with Crippen molar-refractivity contribution < 1.29 is 17.6 Å². The van der Waals surface area contributed by atoms with Crippen LogP contribution < -0.4 is 10.6 Å². The number of alkyl halides is 3. The molecule has 1 aromatic carbocycles. The van der Waals surface area contributed by atoms with Gasteiger partial charge in [0.1, 0.15) is 11.6 Å². The van der Waals surface area contributed by atoms with Crippen LogP contribution >= 0.6 is 0 Å². The van der Waals surface area contributed by atoms with E-state index in [0.29, 0.717) is 11.4 Å². The summed E-state index contributed by atoms with van der Waals surface area (Å²) < 4.78 is 53.5.